The van der Waals surface area contributed by atoms with Gasteiger partial charge in [0.1, 0.15) is 17.9 Å². The number of ether oxygens (including phenoxy) is 3. The van der Waals surface area contributed by atoms with Crippen LogP contribution in [-0.4, -0.2) is 25.1 Å². The minimum Gasteiger partial charge on any atom is -0.493 e. The summed E-state index contributed by atoms with van der Waals surface area (Å²) in [6.45, 7) is 0.468. The van der Waals surface area contributed by atoms with Crippen LogP contribution in [0.25, 0.3) is 22.6 Å². The predicted octanol–water partition coefficient (Wildman–Crippen LogP) is 6.34. The zero-order valence-electron chi connectivity index (χ0n) is 19.9. The highest BCUT2D eigenvalue weighted by Gasteiger charge is 2.13. The van der Waals surface area contributed by atoms with Crippen LogP contribution in [0.5, 0.6) is 17.2 Å². The van der Waals surface area contributed by atoms with Crippen LogP contribution < -0.4 is 19.5 Å². The molecule has 36 heavy (non-hydrogen) atoms. The van der Waals surface area contributed by atoms with Gasteiger partial charge in [0.25, 0.3) is 5.91 Å². The minimum absolute atomic E-state index is 0.229. The van der Waals surface area contributed by atoms with Gasteiger partial charge in [0.2, 0.25) is 5.89 Å². The van der Waals surface area contributed by atoms with E-state index in [0.717, 1.165) is 11.1 Å². The second kappa shape index (κ2) is 10.2. The van der Waals surface area contributed by atoms with Gasteiger partial charge < -0.3 is 23.9 Å². The molecule has 1 amide bonds. The number of nitrogens with one attached hydrogen (secondary N) is 1. The van der Waals surface area contributed by atoms with E-state index >= 15 is 0 Å². The Morgan fingerprint density at radius 2 is 1.64 bits per heavy atom. The molecule has 0 fully saturated rings. The van der Waals surface area contributed by atoms with Crippen LogP contribution >= 0.6 is 0 Å². The summed E-state index contributed by atoms with van der Waals surface area (Å²) in [5.74, 6) is 2.12. The fourth-order valence-corrected chi connectivity index (χ4v) is 3.74. The summed E-state index contributed by atoms with van der Waals surface area (Å²) in [5.41, 5.74) is 4.21. The molecule has 5 rings (SSSR count). The van der Waals surface area contributed by atoms with Gasteiger partial charge in [0.15, 0.2) is 17.1 Å². The number of fused-ring (bicyclic) bond motifs is 1. The van der Waals surface area contributed by atoms with Crippen molar-refractivity contribution in [1.29, 1.82) is 0 Å². The average Bonchev–Trinajstić information content (AvgIpc) is 3.36. The van der Waals surface area contributed by atoms with Crippen molar-refractivity contribution < 1.29 is 23.4 Å². The summed E-state index contributed by atoms with van der Waals surface area (Å²) in [6.07, 6.45) is 0. The lowest BCUT2D eigenvalue weighted by atomic mass is 10.2. The molecule has 7 nitrogen and oxygen atoms in total. The molecule has 0 unspecified atom stereocenters. The number of carbonyl (C=O) groups is 1. The molecule has 180 valence electrons. The summed E-state index contributed by atoms with van der Waals surface area (Å²) >= 11 is 0. The van der Waals surface area contributed by atoms with Gasteiger partial charge in [0.05, 0.1) is 14.2 Å². The second-order valence-electron chi connectivity index (χ2n) is 8.02. The summed E-state index contributed by atoms with van der Waals surface area (Å²) in [4.78, 5) is 17.4. The first-order chi connectivity index (χ1) is 17.6. The van der Waals surface area contributed by atoms with Crippen molar-refractivity contribution in [1.82, 2.24) is 4.98 Å². The maximum absolute atomic E-state index is 12.8. The van der Waals surface area contributed by atoms with Crippen molar-refractivity contribution in [3.05, 3.63) is 102 Å². The van der Waals surface area contributed by atoms with E-state index in [9.17, 15) is 4.79 Å². The predicted molar refractivity (Wildman–Crippen MR) is 138 cm³/mol. The fraction of sp³-hybridized carbons (Fsp3) is 0.103. The van der Waals surface area contributed by atoms with E-state index in [4.69, 9.17) is 18.6 Å². The highest BCUT2D eigenvalue weighted by atomic mass is 16.5. The summed E-state index contributed by atoms with van der Waals surface area (Å²) in [6, 6.07) is 27.7. The highest BCUT2D eigenvalue weighted by Crippen LogP contribution is 2.33. The quantitative estimate of drug-likeness (QED) is 0.279. The van der Waals surface area contributed by atoms with Gasteiger partial charge in [-0.3, -0.25) is 4.79 Å². The van der Waals surface area contributed by atoms with E-state index in [1.54, 1.807) is 68.8 Å². The van der Waals surface area contributed by atoms with Crippen LogP contribution in [0.1, 0.15) is 15.9 Å². The first kappa shape index (κ1) is 23.0. The van der Waals surface area contributed by atoms with E-state index in [1.807, 2.05) is 36.4 Å². The molecular formula is C29H24N2O5. The first-order valence-corrected chi connectivity index (χ1v) is 11.3. The van der Waals surface area contributed by atoms with E-state index in [1.165, 1.54) is 0 Å². The van der Waals surface area contributed by atoms with Crippen molar-refractivity contribution in [2.75, 3.05) is 19.5 Å². The Bertz CT molecular complexity index is 1490. The van der Waals surface area contributed by atoms with Crippen LogP contribution in [0.15, 0.2) is 95.4 Å². The van der Waals surface area contributed by atoms with Crippen LogP contribution in [0.4, 0.5) is 5.69 Å². The van der Waals surface area contributed by atoms with E-state index in [0.29, 0.717) is 52.1 Å². The molecule has 0 atom stereocenters. The zero-order valence-corrected chi connectivity index (χ0v) is 19.9. The topological polar surface area (TPSA) is 82.8 Å². The maximum atomic E-state index is 12.8. The third-order valence-corrected chi connectivity index (χ3v) is 5.64. The number of oxazole rings is 1. The highest BCUT2D eigenvalue weighted by molar-refractivity contribution is 6.05. The van der Waals surface area contributed by atoms with Gasteiger partial charge in [-0.1, -0.05) is 30.3 Å². The number of hydrogen-bond acceptors (Lipinski definition) is 6. The molecule has 0 saturated heterocycles. The number of anilines is 1. The molecule has 0 aliphatic heterocycles. The van der Waals surface area contributed by atoms with Crippen molar-refractivity contribution in [3.8, 4) is 28.7 Å². The number of nitrogens with zero attached hydrogens (tertiary/aromatic N) is 1. The number of hydrogen-bond donors (Lipinski definition) is 1. The molecule has 0 radical (unpaired) electrons. The Hall–Kier alpha value is -4.78. The molecule has 0 aliphatic carbocycles. The molecule has 0 bridgehead atoms. The number of rotatable bonds is 8. The standard InChI is InChI=1S/C29H24N2O5/c1-33-26-14-10-21(16-27(26)34-2)29-31-24-17-22(11-15-25(24)36-29)30-28(32)20-8-12-23(13-9-20)35-18-19-6-4-3-5-7-19/h3-17H,18H2,1-2H3,(H,30,32). The van der Waals surface area contributed by atoms with Crippen molar-refractivity contribution in [2.24, 2.45) is 0 Å². The number of aromatic nitrogens is 1. The Labute approximate surface area is 208 Å². The summed E-state index contributed by atoms with van der Waals surface area (Å²) in [7, 11) is 3.16. The van der Waals surface area contributed by atoms with Gasteiger partial charge in [-0.25, -0.2) is 4.98 Å². The van der Waals surface area contributed by atoms with E-state index in [2.05, 4.69) is 10.3 Å². The largest absolute Gasteiger partial charge is 0.493 e. The van der Waals surface area contributed by atoms with Crippen molar-refractivity contribution in [3.63, 3.8) is 0 Å². The Morgan fingerprint density at radius 1 is 0.861 bits per heavy atom. The van der Waals surface area contributed by atoms with Gasteiger partial charge in [-0.2, -0.15) is 0 Å². The molecule has 5 aromatic rings. The first-order valence-electron chi connectivity index (χ1n) is 11.3. The van der Waals surface area contributed by atoms with Gasteiger partial charge in [0, 0.05) is 16.8 Å². The number of amides is 1. The fourth-order valence-electron chi connectivity index (χ4n) is 3.74. The van der Waals surface area contributed by atoms with Gasteiger partial charge in [-0.15, -0.1) is 0 Å². The summed E-state index contributed by atoms with van der Waals surface area (Å²) in [5, 5.41) is 2.91. The molecule has 4 aromatic carbocycles. The summed E-state index contributed by atoms with van der Waals surface area (Å²) < 4.78 is 22.4. The zero-order chi connectivity index (χ0) is 24.9. The Morgan fingerprint density at radius 3 is 2.39 bits per heavy atom. The number of methoxy groups -OCH3 is 2. The minimum atomic E-state index is -0.229. The van der Waals surface area contributed by atoms with Gasteiger partial charge >= 0.3 is 0 Å². The number of carbonyl (C=O) groups excluding carboxylic acids is 1. The molecular weight excluding hydrogens is 456 g/mol. The van der Waals surface area contributed by atoms with Crippen LogP contribution in [0.3, 0.4) is 0 Å². The molecule has 1 heterocycles. The molecule has 0 spiro atoms. The van der Waals surface area contributed by atoms with Gasteiger partial charge in [-0.05, 0) is 66.2 Å². The van der Waals surface area contributed by atoms with Crippen LogP contribution in [0, 0.1) is 0 Å². The van der Waals surface area contributed by atoms with Crippen molar-refractivity contribution in [2.45, 2.75) is 6.61 Å². The monoisotopic (exact) mass is 480 g/mol. The lowest BCUT2D eigenvalue weighted by Crippen LogP contribution is -2.11. The van der Waals surface area contributed by atoms with Crippen molar-refractivity contribution >= 4 is 22.7 Å². The molecule has 7 heteroatoms. The normalized spacial score (nSPS) is 10.7. The van der Waals surface area contributed by atoms with E-state index < -0.39 is 0 Å². The SMILES string of the molecule is COc1ccc(-c2nc3cc(NC(=O)c4ccc(OCc5ccccc5)cc4)ccc3o2)cc1OC. The lowest BCUT2D eigenvalue weighted by molar-refractivity contribution is 0.102. The molecule has 0 saturated carbocycles. The second-order valence-corrected chi connectivity index (χ2v) is 8.02. The number of benzene rings is 4. The smallest absolute Gasteiger partial charge is 0.255 e. The maximum Gasteiger partial charge on any atom is 0.255 e. The van der Waals surface area contributed by atoms with Crippen LogP contribution in [-0.2, 0) is 6.61 Å². The Kier molecular flexibility index (Phi) is 6.53. The molecule has 0 aliphatic rings. The van der Waals surface area contributed by atoms with Crippen LogP contribution in [0.2, 0.25) is 0 Å². The molecule has 1 N–H and O–H groups in total. The molecule has 1 aromatic heterocycles. The third-order valence-electron chi connectivity index (χ3n) is 5.64. The lowest BCUT2D eigenvalue weighted by Gasteiger charge is -2.08. The third kappa shape index (κ3) is 5.00. The Balaban J connectivity index is 1.27. The average molecular weight is 481 g/mol. The van der Waals surface area contributed by atoms with E-state index in [-0.39, 0.29) is 5.91 Å².